The Balaban J connectivity index is 2.12. The van der Waals surface area contributed by atoms with Gasteiger partial charge in [-0.3, -0.25) is 4.79 Å². The van der Waals surface area contributed by atoms with E-state index in [1.165, 1.54) is 64.2 Å². The van der Waals surface area contributed by atoms with Gasteiger partial charge in [0, 0.05) is 18.9 Å². The van der Waals surface area contributed by atoms with Gasteiger partial charge in [0.25, 0.3) is 0 Å². The Labute approximate surface area is 158 Å². The molecule has 1 aliphatic heterocycles. The first-order valence-electron chi connectivity index (χ1n) is 10.2. The Morgan fingerprint density at radius 2 is 1.69 bits per heavy atom. The van der Waals surface area contributed by atoms with E-state index in [-0.39, 0.29) is 18.3 Å². The molecule has 1 N–H and O–H groups in total. The SMILES string of the molecule is CCCCCCCCCCCC1O[C@@H](C(=O)CC=CC(=O)OC)C[C@H]1O. The number of hydrogen-bond acceptors (Lipinski definition) is 5. The third kappa shape index (κ3) is 9.48. The molecule has 0 saturated carbocycles. The molecule has 1 rings (SSSR count). The molecule has 0 spiro atoms. The second kappa shape index (κ2) is 13.9. The van der Waals surface area contributed by atoms with Gasteiger partial charge in [-0.15, -0.1) is 0 Å². The van der Waals surface area contributed by atoms with Crippen molar-refractivity contribution < 1.29 is 24.2 Å². The second-order valence-corrected chi connectivity index (χ2v) is 7.18. The van der Waals surface area contributed by atoms with E-state index >= 15 is 0 Å². The predicted molar refractivity (Wildman–Crippen MR) is 102 cm³/mol. The van der Waals surface area contributed by atoms with Crippen LogP contribution < -0.4 is 0 Å². The standard InChI is InChI=1S/C21H36O5/c1-3-4-5-6-7-8-9-10-11-14-19-18(23)16-20(26-19)17(22)13-12-15-21(24)25-2/h12,15,18-20,23H,3-11,13-14,16H2,1-2H3/t18-,19?,20-/m1/s1. The van der Waals surface area contributed by atoms with Gasteiger partial charge in [-0.1, -0.05) is 70.8 Å². The zero-order chi connectivity index (χ0) is 19.2. The largest absolute Gasteiger partial charge is 0.466 e. The summed E-state index contributed by atoms with van der Waals surface area (Å²) in [5, 5.41) is 10.1. The second-order valence-electron chi connectivity index (χ2n) is 7.18. The van der Waals surface area contributed by atoms with Crippen molar-refractivity contribution in [1.29, 1.82) is 0 Å². The zero-order valence-electron chi connectivity index (χ0n) is 16.5. The number of rotatable bonds is 14. The van der Waals surface area contributed by atoms with Crippen LogP contribution in [0.25, 0.3) is 0 Å². The summed E-state index contributed by atoms with van der Waals surface area (Å²) in [5.41, 5.74) is 0. The van der Waals surface area contributed by atoms with Crippen LogP contribution in [0.15, 0.2) is 12.2 Å². The molecule has 3 atom stereocenters. The molecule has 0 aliphatic carbocycles. The Hall–Kier alpha value is -1.20. The molecule has 0 aromatic carbocycles. The molecule has 0 aromatic rings. The first-order chi connectivity index (χ1) is 12.6. The maximum Gasteiger partial charge on any atom is 0.330 e. The lowest BCUT2D eigenvalue weighted by molar-refractivity contribution is -0.134. The summed E-state index contributed by atoms with van der Waals surface area (Å²) in [7, 11) is 1.29. The van der Waals surface area contributed by atoms with Crippen LogP contribution in [0.5, 0.6) is 0 Å². The number of ketones is 1. The van der Waals surface area contributed by atoms with Crippen LogP contribution >= 0.6 is 0 Å². The first-order valence-corrected chi connectivity index (χ1v) is 10.2. The maximum atomic E-state index is 12.1. The number of ether oxygens (including phenoxy) is 2. The Kier molecular flexibility index (Phi) is 12.2. The van der Waals surface area contributed by atoms with Crippen molar-refractivity contribution in [3.8, 4) is 0 Å². The lowest BCUT2D eigenvalue weighted by Crippen LogP contribution is -2.21. The van der Waals surface area contributed by atoms with Crippen LogP contribution in [-0.4, -0.2) is 42.3 Å². The highest BCUT2D eigenvalue weighted by Gasteiger charge is 2.36. The smallest absolute Gasteiger partial charge is 0.330 e. The van der Waals surface area contributed by atoms with E-state index in [9.17, 15) is 14.7 Å². The van der Waals surface area contributed by atoms with Crippen molar-refractivity contribution in [3.05, 3.63) is 12.2 Å². The number of carbonyl (C=O) groups is 2. The third-order valence-electron chi connectivity index (χ3n) is 4.95. The Bertz CT molecular complexity index is 432. The van der Waals surface area contributed by atoms with Crippen molar-refractivity contribution in [2.45, 2.75) is 102 Å². The molecule has 1 unspecified atom stereocenters. The van der Waals surface area contributed by atoms with Crippen LogP contribution in [0.4, 0.5) is 0 Å². The molecule has 5 heteroatoms. The average molecular weight is 369 g/mol. The summed E-state index contributed by atoms with van der Waals surface area (Å²) in [6, 6.07) is 0. The van der Waals surface area contributed by atoms with Crippen molar-refractivity contribution in [3.63, 3.8) is 0 Å². The van der Waals surface area contributed by atoms with Crippen molar-refractivity contribution in [2.24, 2.45) is 0 Å². The fourth-order valence-electron chi connectivity index (χ4n) is 3.32. The zero-order valence-corrected chi connectivity index (χ0v) is 16.5. The fourth-order valence-corrected chi connectivity index (χ4v) is 3.32. The highest BCUT2D eigenvalue weighted by Crippen LogP contribution is 2.26. The highest BCUT2D eigenvalue weighted by atomic mass is 16.5. The summed E-state index contributed by atoms with van der Waals surface area (Å²) in [6.45, 7) is 2.23. The number of allylic oxidation sites excluding steroid dienone is 1. The molecule has 0 bridgehead atoms. The van der Waals surface area contributed by atoms with E-state index in [0.717, 1.165) is 19.3 Å². The molecule has 0 radical (unpaired) electrons. The minimum atomic E-state index is -0.567. The normalized spacial score (nSPS) is 22.8. The monoisotopic (exact) mass is 368 g/mol. The van der Waals surface area contributed by atoms with Crippen molar-refractivity contribution in [2.75, 3.05) is 7.11 Å². The van der Waals surface area contributed by atoms with Crippen LogP contribution in [0.2, 0.25) is 0 Å². The topological polar surface area (TPSA) is 72.8 Å². The third-order valence-corrected chi connectivity index (χ3v) is 4.95. The number of unbranched alkanes of at least 4 members (excludes halogenated alkanes) is 8. The predicted octanol–water partition coefficient (Wildman–Crippen LogP) is 4.11. The van der Waals surface area contributed by atoms with E-state index in [1.54, 1.807) is 0 Å². The van der Waals surface area contributed by atoms with E-state index in [2.05, 4.69) is 11.7 Å². The first kappa shape index (κ1) is 22.8. The molecule has 26 heavy (non-hydrogen) atoms. The minimum Gasteiger partial charge on any atom is -0.466 e. The number of methoxy groups -OCH3 is 1. The van der Waals surface area contributed by atoms with E-state index in [4.69, 9.17) is 4.74 Å². The quantitative estimate of drug-likeness (QED) is 0.284. The van der Waals surface area contributed by atoms with Gasteiger partial charge in [-0.2, -0.15) is 0 Å². The summed E-state index contributed by atoms with van der Waals surface area (Å²) < 4.78 is 10.2. The number of esters is 1. The summed E-state index contributed by atoms with van der Waals surface area (Å²) in [6.07, 6.45) is 14.0. The summed E-state index contributed by atoms with van der Waals surface area (Å²) >= 11 is 0. The van der Waals surface area contributed by atoms with Crippen molar-refractivity contribution in [1.82, 2.24) is 0 Å². The Morgan fingerprint density at radius 1 is 1.08 bits per heavy atom. The van der Waals surface area contributed by atoms with Gasteiger partial charge in [0.2, 0.25) is 0 Å². The number of aliphatic hydroxyl groups excluding tert-OH is 1. The molecule has 0 amide bonds. The molecule has 150 valence electrons. The van der Waals surface area contributed by atoms with Crippen molar-refractivity contribution >= 4 is 11.8 Å². The van der Waals surface area contributed by atoms with E-state index in [1.807, 2.05) is 0 Å². The minimum absolute atomic E-state index is 0.0983. The van der Waals surface area contributed by atoms with Gasteiger partial charge in [-0.05, 0) is 6.42 Å². The number of Topliss-reactive ketones (excluding diaryl/α,β-unsaturated/α-hetero) is 1. The van der Waals surface area contributed by atoms with Gasteiger partial charge < -0.3 is 14.6 Å². The van der Waals surface area contributed by atoms with E-state index in [0.29, 0.717) is 6.42 Å². The summed E-state index contributed by atoms with van der Waals surface area (Å²) in [5.74, 6) is -0.577. The molecular weight excluding hydrogens is 332 g/mol. The van der Waals surface area contributed by atoms with Crippen LogP contribution in [0, 0.1) is 0 Å². The molecule has 1 heterocycles. The Morgan fingerprint density at radius 3 is 2.31 bits per heavy atom. The van der Waals surface area contributed by atoms with Gasteiger partial charge in [0.15, 0.2) is 5.78 Å². The van der Waals surface area contributed by atoms with Crippen LogP contribution in [-0.2, 0) is 19.1 Å². The van der Waals surface area contributed by atoms with Crippen LogP contribution in [0.3, 0.4) is 0 Å². The van der Waals surface area contributed by atoms with Gasteiger partial charge in [-0.25, -0.2) is 4.79 Å². The average Bonchev–Trinajstić information content (AvgIpc) is 3.01. The lowest BCUT2D eigenvalue weighted by Gasteiger charge is -2.14. The highest BCUT2D eigenvalue weighted by molar-refractivity contribution is 5.87. The molecule has 0 aromatic heterocycles. The molecule has 1 fully saturated rings. The molecular formula is C21H36O5. The number of aliphatic hydroxyl groups is 1. The number of carbonyl (C=O) groups excluding carboxylic acids is 2. The van der Waals surface area contributed by atoms with E-state index < -0.39 is 18.2 Å². The van der Waals surface area contributed by atoms with Gasteiger partial charge >= 0.3 is 5.97 Å². The van der Waals surface area contributed by atoms with Gasteiger partial charge in [0.1, 0.15) is 6.10 Å². The maximum absolute atomic E-state index is 12.1. The van der Waals surface area contributed by atoms with Crippen LogP contribution in [0.1, 0.15) is 84.0 Å². The van der Waals surface area contributed by atoms with Gasteiger partial charge in [0.05, 0.1) is 19.3 Å². The molecule has 1 aliphatic rings. The number of hydrogen-bond donors (Lipinski definition) is 1. The summed E-state index contributed by atoms with van der Waals surface area (Å²) in [4.78, 5) is 23.1. The lowest BCUT2D eigenvalue weighted by atomic mass is 10.0. The molecule has 5 nitrogen and oxygen atoms in total. The fraction of sp³-hybridized carbons (Fsp3) is 0.810. The molecule has 1 saturated heterocycles.